The molecular weight excluding hydrogens is 266 g/mol. The number of quaternary nitrogens is 1. The second-order valence-electron chi connectivity index (χ2n) is 4.34. The van der Waals surface area contributed by atoms with Gasteiger partial charge in [0.05, 0.1) is 19.6 Å². The van der Waals surface area contributed by atoms with Gasteiger partial charge in [-0.3, -0.25) is 8.42 Å². The van der Waals surface area contributed by atoms with E-state index in [1.54, 1.807) is 0 Å². The number of rotatable bonds is 5. The fraction of sp³-hybridized carbons (Fsp3) is 0.538. The summed E-state index contributed by atoms with van der Waals surface area (Å²) >= 11 is 0. The summed E-state index contributed by atoms with van der Waals surface area (Å²) < 4.78 is 35.3. The van der Waals surface area contributed by atoms with Gasteiger partial charge in [-0.25, -0.2) is 0 Å². The zero-order chi connectivity index (χ0) is 14.9. The first kappa shape index (κ1) is 18.0. The van der Waals surface area contributed by atoms with E-state index in [2.05, 4.69) is 51.1 Å². The highest BCUT2D eigenvalue weighted by Gasteiger charge is 2.20. The van der Waals surface area contributed by atoms with Gasteiger partial charge in [0.25, 0.3) is 0 Å². The van der Waals surface area contributed by atoms with Crippen molar-refractivity contribution in [2.45, 2.75) is 27.3 Å². The Labute approximate surface area is 116 Å². The van der Waals surface area contributed by atoms with Crippen molar-refractivity contribution in [1.82, 2.24) is 0 Å². The predicted molar refractivity (Wildman–Crippen MR) is 72.5 cm³/mol. The Morgan fingerprint density at radius 3 is 1.63 bits per heavy atom. The van der Waals surface area contributed by atoms with Gasteiger partial charge >= 0.3 is 0 Å². The van der Waals surface area contributed by atoms with Crippen LogP contribution in [0.5, 0.6) is 0 Å². The molecule has 0 saturated heterocycles. The highest BCUT2D eigenvalue weighted by atomic mass is 32.3. The van der Waals surface area contributed by atoms with Gasteiger partial charge in [0.1, 0.15) is 6.54 Å². The summed E-state index contributed by atoms with van der Waals surface area (Å²) in [6.45, 7) is 11.7. The summed E-state index contributed by atoms with van der Waals surface area (Å²) in [6, 6.07) is 10.8. The standard InChI is InChI=1S/C13H22N.H2O4S/c1-4-14(5-2,6-3)12-13-10-8-7-9-11-13;1-5(2,3)4/h7-11H,4-6,12H2,1-3H3;(H2,1,2,3,4)/q+1;/p-2. The largest absolute Gasteiger partial charge is 0.759 e. The maximum absolute atomic E-state index is 8.52. The Bertz CT molecular complexity index is 425. The van der Waals surface area contributed by atoms with E-state index in [0.29, 0.717) is 0 Å². The van der Waals surface area contributed by atoms with E-state index < -0.39 is 10.4 Å². The van der Waals surface area contributed by atoms with Crippen LogP contribution in [0.1, 0.15) is 26.3 Å². The molecule has 0 aliphatic rings. The van der Waals surface area contributed by atoms with Gasteiger partial charge in [-0.1, -0.05) is 30.3 Å². The van der Waals surface area contributed by atoms with E-state index in [0.717, 1.165) is 0 Å². The molecule has 1 aromatic carbocycles. The summed E-state index contributed by atoms with van der Waals surface area (Å²) in [7, 11) is -5.17. The molecule has 5 nitrogen and oxygen atoms in total. The van der Waals surface area contributed by atoms with Crippen LogP contribution in [0.15, 0.2) is 30.3 Å². The molecule has 0 heterocycles. The zero-order valence-electron chi connectivity index (χ0n) is 11.7. The van der Waals surface area contributed by atoms with Crippen molar-refractivity contribution in [2.24, 2.45) is 0 Å². The summed E-state index contributed by atoms with van der Waals surface area (Å²) in [5, 5.41) is 0. The lowest BCUT2D eigenvalue weighted by molar-refractivity contribution is -0.936. The second-order valence-corrected chi connectivity index (χ2v) is 5.16. The zero-order valence-corrected chi connectivity index (χ0v) is 12.5. The molecule has 19 heavy (non-hydrogen) atoms. The monoisotopic (exact) mass is 288 g/mol. The average molecular weight is 288 g/mol. The van der Waals surface area contributed by atoms with Gasteiger partial charge < -0.3 is 13.6 Å². The molecule has 0 aliphatic heterocycles. The van der Waals surface area contributed by atoms with E-state index in [4.69, 9.17) is 17.5 Å². The molecule has 6 heteroatoms. The maximum atomic E-state index is 8.52. The van der Waals surface area contributed by atoms with Gasteiger partial charge in [-0.05, 0) is 20.8 Å². The summed E-state index contributed by atoms with van der Waals surface area (Å²) in [5.74, 6) is 0. The molecule has 0 fully saturated rings. The van der Waals surface area contributed by atoms with E-state index in [1.165, 1.54) is 36.2 Å². The minimum atomic E-state index is -5.17. The van der Waals surface area contributed by atoms with Crippen molar-refractivity contribution in [2.75, 3.05) is 19.6 Å². The maximum Gasteiger partial charge on any atom is 0.104 e. The molecule has 0 saturated carbocycles. The van der Waals surface area contributed by atoms with Crippen LogP contribution in [0.25, 0.3) is 0 Å². The molecular formula is C13H22NO4S-. The molecule has 0 N–H and O–H groups in total. The first-order valence-corrected chi connectivity index (χ1v) is 7.65. The topological polar surface area (TPSA) is 80.3 Å². The van der Waals surface area contributed by atoms with Crippen LogP contribution in [-0.2, 0) is 16.9 Å². The van der Waals surface area contributed by atoms with Crippen LogP contribution in [-0.4, -0.2) is 41.6 Å². The average Bonchev–Trinajstić information content (AvgIpc) is 2.35. The van der Waals surface area contributed by atoms with Gasteiger partial charge in [0, 0.05) is 16.0 Å². The number of hydrogen-bond acceptors (Lipinski definition) is 4. The van der Waals surface area contributed by atoms with Crippen molar-refractivity contribution in [3.8, 4) is 0 Å². The molecule has 0 radical (unpaired) electrons. The van der Waals surface area contributed by atoms with E-state index in [-0.39, 0.29) is 0 Å². The van der Waals surface area contributed by atoms with Crippen LogP contribution < -0.4 is 0 Å². The van der Waals surface area contributed by atoms with Gasteiger partial charge in [0.2, 0.25) is 0 Å². The summed E-state index contributed by atoms with van der Waals surface area (Å²) in [5.41, 5.74) is 1.46. The Morgan fingerprint density at radius 1 is 0.947 bits per heavy atom. The quantitative estimate of drug-likeness (QED) is 0.469. The predicted octanol–water partition coefficient (Wildman–Crippen LogP) is 1.73. The normalized spacial score (nSPS) is 11.6. The Kier molecular flexibility index (Phi) is 7.85. The third-order valence-electron chi connectivity index (χ3n) is 3.37. The molecule has 0 spiro atoms. The fourth-order valence-corrected chi connectivity index (χ4v) is 1.98. The van der Waals surface area contributed by atoms with Crippen molar-refractivity contribution in [3.05, 3.63) is 35.9 Å². The van der Waals surface area contributed by atoms with E-state index in [9.17, 15) is 0 Å². The molecule has 110 valence electrons. The highest BCUT2D eigenvalue weighted by molar-refractivity contribution is 7.79. The van der Waals surface area contributed by atoms with Crippen LogP contribution in [0, 0.1) is 0 Å². The van der Waals surface area contributed by atoms with Gasteiger partial charge in [0.15, 0.2) is 0 Å². The van der Waals surface area contributed by atoms with Crippen LogP contribution in [0.2, 0.25) is 0 Å². The Morgan fingerprint density at radius 2 is 1.32 bits per heavy atom. The minimum Gasteiger partial charge on any atom is -0.759 e. The van der Waals surface area contributed by atoms with E-state index in [1.807, 2.05) is 0 Å². The molecule has 0 amide bonds. The number of benzene rings is 1. The molecule has 1 rings (SSSR count). The van der Waals surface area contributed by atoms with Gasteiger partial charge in [-0.2, -0.15) is 0 Å². The molecule has 0 bridgehead atoms. The van der Waals surface area contributed by atoms with Crippen LogP contribution in [0.3, 0.4) is 0 Å². The van der Waals surface area contributed by atoms with Crippen LogP contribution >= 0.6 is 0 Å². The van der Waals surface area contributed by atoms with Crippen molar-refractivity contribution < 1.29 is 22.0 Å². The summed E-state index contributed by atoms with van der Waals surface area (Å²) in [4.78, 5) is 0. The SMILES string of the molecule is CC[N+](CC)(CC)Cc1ccccc1.O=S(=O)([O-])[O-]. The Hall–Kier alpha value is -0.950. The fourth-order valence-electron chi connectivity index (χ4n) is 1.98. The summed E-state index contributed by atoms with van der Waals surface area (Å²) in [6.07, 6.45) is 0. The number of hydrogen-bond donors (Lipinski definition) is 0. The molecule has 0 atom stereocenters. The lowest BCUT2D eigenvalue weighted by Crippen LogP contribution is -2.46. The van der Waals surface area contributed by atoms with Crippen molar-refractivity contribution in [3.63, 3.8) is 0 Å². The molecule has 0 aromatic heterocycles. The smallest absolute Gasteiger partial charge is 0.104 e. The minimum absolute atomic E-state index is 1.17. The lowest BCUT2D eigenvalue weighted by atomic mass is 10.2. The highest BCUT2D eigenvalue weighted by Crippen LogP contribution is 2.13. The first-order chi connectivity index (χ1) is 8.76. The third-order valence-corrected chi connectivity index (χ3v) is 3.37. The lowest BCUT2D eigenvalue weighted by Gasteiger charge is -2.35. The Balaban J connectivity index is 0.000000555. The molecule has 0 unspecified atom stereocenters. The third kappa shape index (κ3) is 8.72. The molecule has 0 aliphatic carbocycles. The van der Waals surface area contributed by atoms with Crippen molar-refractivity contribution >= 4 is 10.4 Å². The molecule has 1 aromatic rings. The second kappa shape index (κ2) is 8.27. The number of nitrogens with zero attached hydrogens (tertiary/aromatic N) is 1. The first-order valence-electron chi connectivity index (χ1n) is 6.32. The van der Waals surface area contributed by atoms with Gasteiger partial charge in [-0.15, -0.1) is 0 Å². The van der Waals surface area contributed by atoms with Crippen molar-refractivity contribution in [1.29, 1.82) is 0 Å². The van der Waals surface area contributed by atoms with E-state index >= 15 is 0 Å². The van der Waals surface area contributed by atoms with Crippen LogP contribution in [0.4, 0.5) is 0 Å².